The normalized spacial score (nSPS) is 19.7. The molecule has 1 aliphatic carbocycles. The number of Topliss-reactive ketones (excluding diaryl/α,β-unsaturated/α-hetero) is 1. The molecule has 1 aromatic rings. The zero-order chi connectivity index (χ0) is 20.8. The van der Waals surface area contributed by atoms with Gasteiger partial charge in [-0.2, -0.15) is 0 Å². The summed E-state index contributed by atoms with van der Waals surface area (Å²) in [5.41, 5.74) is -1.01. The number of allylic oxidation sites excluding steroid dienone is 1. The monoisotopic (exact) mass is 404 g/mol. The van der Waals surface area contributed by atoms with Crippen LogP contribution in [0.15, 0.2) is 6.08 Å². The van der Waals surface area contributed by atoms with Crippen LogP contribution < -0.4 is 0 Å². The van der Waals surface area contributed by atoms with Gasteiger partial charge in [-0.1, -0.05) is 31.4 Å². The van der Waals surface area contributed by atoms with Gasteiger partial charge in [-0.3, -0.25) is 9.59 Å². The third-order valence-corrected chi connectivity index (χ3v) is 5.06. The van der Waals surface area contributed by atoms with E-state index >= 15 is 0 Å². The maximum absolute atomic E-state index is 13.7. The lowest BCUT2D eigenvalue weighted by atomic mass is 9.89. The number of ketones is 1. The van der Waals surface area contributed by atoms with Crippen molar-refractivity contribution in [3.05, 3.63) is 40.7 Å². The minimum atomic E-state index is -2.20. The summed E-state index contributed by atoms with van der Waals surface area (Å²) >= 11 is 0. The van der Waals surface area contributed by atoms with E-state index in [0.717, 1.165) is 18.9 Å². The molecule has 2 rings (SSSR count). The van der Waals surface area contributed by atoms with E-state index in [4.69, 9.17) is 5.11 Å². The van der Waals surface area contributed by atoms with Gasteiger partial charge in [0.15, 0.2) is 23.3 Å². The second-order valence-corrected chi connectivity index (χ2v) is 6.96. The molecule has 28 heavy (non-hydrogen) atoms. The number of benzene rings is 1. The van der Waals surface area contributed by atoms with Gasteiger partial charge in [0, 0.05) is 18.8 Å². The van der Waals surface area contributed by atoms with Crippen molar-refractivity contribution in [2.24, 2.45) is 11.8 Å². The smallest absolute Gasteiger partial charge is 0.303 e. The third-order valence-electron chi connectivity index (χ3n) is 5.06. The fourth-order valence-electron chi connectivity index (χ4n) is 3.52. The molecular formula is C20H21F5O3. The number of rotatable bonds is 9. The summed E-state index contributed by atoms with van der Waals surface area (Å²) in [6.45, 7) is 0. The average molecular weight is 404 g/mol. The van der Waals surface area contributed by atoms with Gasteiger partial charge >= 0.3 is 5.97 Å². The van der Waals surface area contributed by atoms with Crippen LogP contribution in [-0.4, -0.2) is 16.9 Å². The van der Waals surface area contributed by atoms with E-state index in [1.54, 1.807) is 0 Å². The van der Waals surface area contributed by atoms with Gasteiger partial charge in [-0.15, -0.1) is 0 Å². The Balaban J connectivity index is 2.01. The fraction of sp³-hybridized carbons (Fsp3) is 0.500. The Morgan fingerprint density at radius 2 is 1.50 bits per heavy atom. The fourth-order valence-corrected chi connectivity index (χ4v) is 3.52. The lowest BCUT2D eigenvalue weighted by Crippen LogP contribution is -2.13. The highest BCUT2D eigenvalue weighted by Crippen LogP contribution is 2.35. The zero-order valence-electron chi connectivity index (χ0n) is 15.1. The second kappa shape index (κ2) is 9.80. The summed E-state index contributed by atoms with van der Waals surface area (Å²) in [6.07, 6.45) is 6.32. The first kappa shape index (κ1) is 22.0. The van der Waals surface area contributed by atoms with Crippen LogP contribution in [0, 0.1) is 40.9 Å². The predicted octanol–water partition coefficient (Wildman–Crippen LogP) is 5.42. The minimum Gasteiger partial charge on any atom is -0.481 e. The summed E-state index contributed by atoms with van der Waals surface area (Å²) in [4.78, 5) is 22.5. The summed E-state index contributed by atoms with van der Waals surface area (Å²) in [7, 11) is 0. The summed E-state index contributed by atoms with van der Waals surface area (Å²) < 4.78 is 67.1. The number of hydrogen-bond donors (Lipinski definition) is 1. The first-order valence-electron chi connectivity index (χ1n) is 9.18. The number of carboxylic acids is 1. The van der Waals surface area contributed by atoms with Crippen LogP contribution >= 0.6 is 0 Å². The van der Waals surface area contributed by atoms with Crippen LogP contribution in [0.3, 0.4) is 0 Å². The number of carbonyl (C=O) groups excluding carboxylic acids is 1. The van der Waals surface area contributed by atoms with Gasteiger partial charge in [0.05, 0.1) is 5.56 Å². The van der Waals surface area contributed by atoms with Crippen molar-refractivity contribution < 1.29 is 36.6 Å². The number of carbonyl (C=O) groups is 2. The molecule has 3 nitrogen and oxygen atoms in total. The molecule has 0 spiro atoms. The molecule has 0 radical (unpaired) electrons. The van der Waals surface area contributed by atoms with Gasteiger partial charge in [0.2, 0.25) is 5.82 Å². The van der Waals surface area contributed by atoms with Gasteiger partial charge in [-0.05, 0) is 25.2 Å². The van der Waals surface area contributed by atoms with Crippen LogP contribution in [0.1, 0.15) is 56.9 Å². The van der Waals surface area contributed by atoms with E-state index in [-0.39, 0.29) is 24.0 Å². The lowest BCUT2D eigenvalue weighted by molar-refractivity contribution is -0.137. The van der Waals surface area contributed by atoms with Crippen molar-refractivity contribution in [2.75, 3.05) is 0 Å². The highest BCUT2D eigenvalue weighted by Gasteiger charge is 2.32. The summed E-state index contributed by atoms with van der Waals surface area (Å²) in [6, 6.07) is 0. The van der Waals surface area contributed by atoms with Crippen molar-refractivity contribution in [1.82, 2.24) is 0 Å². The van der Waals surface area contributed by atoms with Crippen LogP contribution in [0.4, 0.5) is 22.0 Å². The van der Waals surface area contributed by atoms with Crippen molar-refractivity contribution in [3.8, 4) is 0 Å². The van der Waals surface area contributed by atoms with E-state index in [2.05, 4.69) is 0 Å². The Bertz CT molecular complexity index is 747. The largest absolute Gasteiger partial charge is 0.481 e. The molecule has 0 saturated heterocycles. The molecular weight excluding hydrogens is 383 g/mol. The first-order valence-corrected chi connectivity index (χ1v) is 9.18. The Hall–Kier alpha value is -2.25. The SMILES string of the molecule is O=C(O)CCCCCCC1C(=O)CCC1C=Cc1c(F)c(F)c(F)c(F)c1F. The highest BCUT2D eigenvalue weighted by atomic mass is 19.2. The van der Waals surface area contributed by atoms with E-state index in [0.29, 0.717) is 32.1 Å². The third kappa shape index (κ3) is 5.17. The van der Waals surface area contributed by atoms with E-state index in [1.807, 2.05) is 0 Å². The van der Waals surface area contributed by atoms with Crippen molar-refractivity contribution in [3.63, 3.8) is 0 Å². The topological polar surface area (TPSA) is 54.4 Å². The Labute approximate surface area is 159 Å². The molecule has 1 saturated carbocycles. The van der Waals surface area contributed by atoms with Crippen molar-refractivity contribution in [1.29, 1.82) is 0 Å². The van der Waals surface area contributed by atoms with Crippen LogP contribution in [0.25, 0.3) is 6.08 Å². The Morgan fingerprint density at radius 1 is 0.929 bits per heavy atom. The number of hydrogen-bond acceptors (Lipinski definition) is 2. The minimum absolute atomic E-state index is 0.0117. The number of halogens is 5. The van der Waals surface area contributed by atoms with Gasteiger partial charge in [0.1, 0.15) is 5.78 Å². The Kier molecular flexibility index (Phi) is 7.71. The quantitative estimate of drug-likeness (QED) is 0.259. The van der Waals surface area contributed by atoms with Gasteiger partial charge in [0.25, 0.3) is 0 Å². The standard InChI is InChI=1S/C20H21F5O3/c21-16-13(17(22)19(24)20(25)18(16)23)9-7-11-8-10-14(26)12(11)5-3-1-2-4-6-15(27)28/h7,9,11-12H,1-6,8,10H2,(H,27,28). The molecule has 1 fully saturated rings. The van der Waals surface area contributed by atoms with Crippen LogP contribution in [0.5, 0.6) is 0 Å². The molecule has 2 atom stereocenters. The Morgan fingerprint density at radius 3 is 2.11 bits per heavy atom. The number of aliphatic carboxylic acids is 1. The lowest BCUT2D eigenvalue weighted by Gasteiger charge is -2.15. The maximum atomic E-state index is 13.7. The molecule has 1 aromatic carbocycles. The van der Waals surface area contributed by atoms with Crippen molar-refractivity contribution in [2.45, 2.75) is 51.4 Å². The van der Waals surface area contributed by atoms with Gasteiger partial charge in [-0.25, -0.2) is 22.0 Å². The maximum Gasteiger partial charge on any atom is 0.303 e. The molecule has 2 unspecified atom stereocenters. The summed E-state index contributed by atoms with van der Waals surface area (Å²) in [5, 5.41) is 8.58. The van der Waals surface area contributed by atoms with E-state index < -0.39 is 40.6 Å². The molecule has 154 valence electrons. The molecule has 0 amide bonds. The van der Waals surface area contributed by atoms with E-state index in [1.165, 1.54) is 6.08 Å². The summed E-state index contributed by atoms with van der Waals surface area (Å²) in [5.74, 6) is -11.5. The van der Waals surface area contributed by atoms with E-state index in [9.17, 15) is 31.5 Å². The predicted molar refractivity (Wildman–Crippen MR) is 91.8 cm³/mol. The highest BCUT2D eigenvalue weighted by molar-refractivity contribution is 5.84. The molecule has 0 aromatic heterocycles. The van der Waals surface area contributed by atoms with Crippen molar-refractivity contribution >= 4 is 17.8 Å². The molecule has 1 aliphatic rings. The van der Waals surface area contributed by atoms with Gasteiger partial charge < -0.3 is 5.11 Å². The zero-order valence-corrected chi connectivity index (χ0v) is 15.1. The second-order valence-electron chi connectivity index (χ2n) is 6.96. The van der Waals surface area contributed by atoms with Crippen LogP contribution in [-0.2, 0) is 9.59 Å². The molecule has 0 heterocycles. The molecule has 0 aliphatic heterocycles. The number of unbranched alkanes of at least 4 members (excludes halogenated alkanes) is 3. The average Bonchev–Trinajstić information content (AvgIpc) is 3.01. The van der Waals surface area contributed by atoms with Crippen LogP contribution in [0.2, 0.25) is 0 Å². The molecule has 0 bridgehead atoms. The number of carboxylic acid groups (broad SMARTS) is 1. The first-order chi connectivity index (χ1) is 13.2. The molecule has 8 heteroatoms. The molecule has 1 N–H and O–H groups in total.